The smallest absolute Gasteiger partial charge is 0.252 e. The third-order valence-electron chi connectivity index (χ3n) is 4.51. The first-order valence-electron chi connectivity index (χ1n) is 8.85. The molecule has 1 aliphatic rings. The van der Waals surface area contributed by atoms with Gasteiger partial charge in [-0.3, -0.25) is 4.79 Å². The van der Waals surface area contributed by atoms with E-state index in [2.05, 4.69) is 21.7 Å². The first kappa shape index (κ1) is 16.4. The van der Waals surface area contributed by atoms with Crippen LogP contribution in [0.4, 0.5) is 17.2 Å². The number of aromatic nitrogens is 1. The van der Waals surface area contributed by atoms with Crippen molar-refractivity contribution >= 4 is 34.0 Å². The number of nitrogens with zero attached hydrogens (tertiary/aromatic N) is 2. The molecule has 0 unspecified atom stereocenters. The second-order valence-electron chi connectivity index (χ2n) is 6.89. The maximum absolute atomic E-state index is 12.7. The molecule has 2 N–H and O–H groups in total. The van der Waals surface area contributed by atoms with Gasteiger partial charge >= 0.3 is 0 Å². The third kappa shape index (κ3) is 3.47. The number of rotatable bonds is 5. The molecule has 5 nitrogen and oxygen atoms in total. The summed E-state index contributed by atoms with van der Waals surface area (Å²) < 4.78 is 0. The van der Waals surface area contributed by atoms with Gasteiger partial charge in [-0.2, -0.15) is 0 Å². The molecular weight excluding hydrogens is 324 g/mol. The maximum atomic E-state index is 12.7. The van der Waals surface area contributed by atoms with E-state index in [1.165, 1.54) is 0 Å². The normalized spacial score (nSPS) is 13.5. The molecule has 132 valence electrons. The van der Waals surface area contributed by atoms with Crippen LogP contribution in [-0.4, -0.2) is 31.0 Å². The van der Waals surface area contributed by atoms with Gasteiger partial charge in [0.25, 0.3) is 5.91 Å². The van der Waals surface area contributed by atoms with Crippen LogP contribution < -0.4 is 15.5 Å². The van der Waals surface area contributed by atoms with Crippen LogP contribution >= 0.6 is 0 Å². The summed E-state index contributed by atoms with van der Waals surface area (Å²) in [5.74, 6) is 0.636. The molecule has 1 saturated carbocycles. The molecule has 1 aliphatic carbocycles. The number of fused-ring (bicyclic) bond motifs is 1. The first-order chi connectivity index (χ1) is 12.6. The minimum Gasteiger partial charge on any atom is -0.378 e. The second-order valence-corrected chi connectivity index (χ2v) is 6.89. The number of hydrogen-bond donors (Lipinski definition) is 2. The van der Waals surface area contributed by atoms with E-state index in [4.69, 9.17) is 0 Å². The van der Waals surface area contributed by atoms with Crippen LogP contribution in [0, 0.1) is 0 Å². The lowest BCUT2D eigenvalue weighted by Gasteiger charge is -2.15. The predicted octanol–water partition coefficient (Wildman–Crippen LogP) is 3.94. The summed E-state index contributed by atoms with van der Waals surface area (Å²) in [6.07, 6.45) is 2.13. The van der Waals surface area contributed by atoms with Crippen LogP contribution in [0.25, 0.3) is 10.9 Å². The molecule has 3 aromatic rings. The zero-order valence-corrected chi connectivity index (χ0v) is 15.0. The number of carbonyl (C=O) groups excluding carboxylic acids is 1. The zero-order chi connectivity index (χ0) is 18.1. The topological polar surface area (TPSA) is 57.3 Å². The minimum atomic E-state index is -0.0313. The van der Waals surface area contributed by atoms with Crippen molar-refractivity contribution in [3.8, 4) is 0 Å². The number of carbonyl (C=O) groups is 1. The Hall–Kier alpha value is -3.08. The van der Waals surface area contributed by atoms with Crippen LogP contribution in [0.5, 0.6) is 0 Å². The van der Waals surface area contributed by atoms with E-state index in [-0.39, 0.29) is 5.91 Å². The molecule has 1 fully saturated rings. The Morgan fingerprint density at radius 1 is 1.08 bits per heavy atom. The van der Waals surface area contributed by atoms with Gasteiger partial charge in [0.2, 0.25) is 0 Å². The molecule has 5 heteroatoms. The van der Waals surface area contributed by atoms with Crippen molar-refractivity contribution in [3.05, 3.63) is 60.2 Å². The molecule has 0 aliphatic heterocycles. The van der Waals surface area contributed by atoms with Crippen molar-refractivity contribution in [1.82, 2.24) is 10.3 Å². The zero-order valence-electron chi connectivity index (χ0n) is 15.0. The highest BCUT2D eigenvalue weighted by atomic mass is 16.1. The standard InChI is InChI=1S/C21H22N4O/c1-25(2)16-7-5-6-15(12-16)22-20-13-18(21(26)23-14-10-11-14)17-8-3-4-9-19(17)24-20/h3-9,12-14H,10-11H2,1-2H3,(H,22,24)(H,23,26). The third-order valence-corrected chi connectivity index (χ3v) is 4.51. The van der Waals surface area contributed by atoms with Gasteiger partial charge in [0, 0.05) is 36.9 Å². The Bertz CT molecular complexity index is 963. The van der Waals surface area contributed by atoms with Gasteiger partial charge in [0.05, 0.1) is 11.1 Å². The Balaban J connectivity index is 1.71. The molecule has 0 spiro atoms. The van der Waals surface area contributed by atoms with Gasteiger partial charge < -0.3 is 15.5 Å². The van der Waals surface area contributed by atoms with Crippen LogP contribution in [0.1, 0.15) is 23.2 Å². The van der Waals surface area contributed by atoms with E-state index in [9.17, 15) is 4.79 Å². The molecule has 0 bridgehead atoms. The Morgan fingerprint density at radius 3 is 2.65 bits per heavy atom. The highest BCUT2D eigenvalue weighted by Gasteiger charge is 2.25. The lowest BCUT2D eigenvalue weighted by Crippen LogP contribution is -2.25. The van der Waals surface area contributed by atoms with E-state index in [0.717, 1.165) is 35.1 Å². The van der Waals surface area contributed by atoms with Crippen LogP contribution in [-0.2, 0) is 0 Å². The van der Waals surface area contributed by atoms with Crippen LogP contribution in [0.15, 0.2) is 54.6 Å². The molecule has 0 radical (unpaired) electrons. The maximum Gasteiger partial charge on any atom is 0.252 e. The van der Waals surface area contributed by atoms with Crippen molar-refractivity contribution in [2.75, 3.05) is 24.3 Å². The van der Waals surface area contributed by atoms with Gasteiger partial charge in [-0.15, -0.1) is 0 Å². The van der Waals surface area contributed by atoms with E-state index < -0.39 is 0 Å². The summed E-state index contributed by atoms with van der Waals surface area (Å²) in [7, 11) is 4.02. The van der Waals surface area contributed by atoms with Crippen LogP contribution in [0.3, 0.4) is 0 Å². The second kappa shape index (κ2) is 6.67. The number of pyridine rings is 1. The summed E-state index contributed by atoms with van der Waals surface area (Å²) in [4.78, 5) is 19.4. The molecular formula is C21H22N4O. The summed E-state index contributed by atoms with van der Waals surface area (Å²) in [6, 6.07) is 18.0. The molecule has 1 amide bonds. The molecule has 26 heavy (non-hydrogen) atoms. The molecule has 4 rings (SSSR count). The Kier molecular flexibility index (Phi) is 4.21. The molecule has 0 atom stereocenters. The lowest BCUT2D eigenvalue weighted by molar-refractivity contribution is 0.0952. The van der Waals surface area contributed by atoms with Crippen molar-refractivity contribution in [2.24, 2.45) is 0 Å². The van der Waals surface area contributed by atoms with Crippen molar-refractivity contribution < 1.29 is 4.79 Å². The molecule has 1 heterocycles. The quantitative estimate of drug-likeness (QED) is 0.735. The fourth-order valence-electron chi connectivity index (χ4n) is 2.93. The van der Waals surface area contributed by atoms with Crippen molar-refractivity contribution in [2.45, 2.75) is 18.9 Å². The Morgan fingerprint density at radius 2 is 1.88 bits per heavy atom. The number of nitrogens with one attached hydrogen (secondary N) is 2. The van der Waals surface area contributed by atoms with Gasteiger partial charge in [0.1, 0.15) is 5.82 Å². The summed E-state index contributed by atoms with van der Waals surface area (Å²) >= 11 is 0. The largest absolute Gasteiger partial charge is 0.378 e. The molecule has 2 aromatic carbocycles. The average molecular weight is 346 g/mol. The van der Waals surface area contributed by atoms with Crippen molar-refractivity contribution in [1.29, 1.82) is 0 Å². The summed E-state index contributed by atoms with van der Waals surface area (Å²) in [5.41, 5.74) is 3.51. The number of anilines is 3. The number of benzene rings is 2. The monoisotopic (exact) mass is 346 g/mol. The first-order valence-corrected chi connectivity index (χ1v) is 8.85. The van der Waals surface area contributed by atoms with E-state index in [1.807, 2.05) is 67.5 Å². The summed E-state index contributed by atoms with van der Waals surface area (Å²) in [5, 5.41) is 7.29. The van der Waals surface area contributed by atoms with Gasteiger partial charge in [-0.05, 0) is 43.2 Å². The minimum absolute atomic E-state index is 0.0313. The lowest BCUT2D eigenvalue weighted by atomic mass is 10.1. The van der Waals surface area contributed by atoms with E-state index in [0.29, 0.717) is 17.4 Å². The fourth-order valence-corrected chi connectivity index (χ4v) is 2.93. The molecule has 1 aromatic heterocycles. The van der Waals surface area contributed by atoms with Gasteiger partial charge in [0.15, 0.2) is 0 Å². The van der Waals surface area contributed by atoms with Crippen molar-refractivity contribution in [3.63, 3.8) is 0 Å². The van der Waals surface area contributed by atoms with E-state index >= 15 is 0 Å². The fraction of sp³-hybridized carbons (Fsp3) is 0.238. The average Bonchev–Trinajstić information content (AvgIpc) is 3.45. The van der Waals surface area contributed by atoms with Crippen LogP contribution in [0.2, 0.25) is 0 Å². The van der Waals surface area contributed by atoms with E-state index in [1.54, 1.807) is 0 Å². The van der Waals surface area contributed by atoms with Gasteiger partial charge in [-0.1, -0.05) is 24.3 Å². The summed E-state index contributed by atoms with van der Waals surface area (Å²) in [6.45, 7) is 0. The Labute approximate surface area is 153 Å². The SMILES string of the molecule is CN(C)c1cccc(Nc2cc(C(=O)NC3CC3)c3ccccc3n2)c1. The predicted molar refractivity (Wildman–Crippen MR) is 106 cm³/mol. The van der Waals surface area contributed by atoms with Gasteiger partial charge in [-0.25, -0.2) is 4.98 Å². The highest BCUT2D eigenvalue weighted by molar-refractivity contribution is 6.07. The number of amides is 1. The number of para-hydroxylation sites is 1. The highest BCUT2D eigenvalue weighted by Crippen LogP contribution is 2.26. The molecule has 0 saturated heterocycles. The number of hydrogen-bond acceptors (Lipinski definition) is 4.